The standard InChI is InChI=1S/C33H35N4O8P/c1-41-26-13-9-24(10-14-26)33(23-7-4-3-5-8-23,25-11-15-27(42-2)16-12-25)43-22-29-28(45-46(40)35-19-6-18-34)21-31(44-29)37-20-17-30(38)36-32(37)39/h3-5,7-17,20,28-29,31,35,40H,6,19,21-22H2,1-2H3,(H,36,38,39)/t28-,29+,31+,46?/m0/s1. The summed E-state index contributed by atoms with van der Waals surface area (Å²) in [6.45, 7) is 0.218. The summed E-state index contributed by atoms with van der Waals surface area (Å²) in [5, 5.41) is 11.7. The second kappa shape index (κ2) is 15.3. The number of H-pyrrole nitrogens is 1. The second-order valence-electron chi connectivity index (χ2n) is 10.4. The minimum atomic E-state index is -2.12. The zero-order valence-electron chi connectivity index (χ0n) is 25.4. The first-order chi connectivity index (χ1) is 22.4. The number of hydrogen-bond donors (Lipinski definition) is 3. The van der Waals surface area contributed by atoms with E-state index >= 15 is 0 Å². The molecule has 4 aromatic rings. The molecule has 1 aliphatic heterocycles. The summed E-state index contributed by atoms with van der Waals surface area (Å²) in [6, 6.07) is 28.2. The number of aromatic nitrogens is 2. The van der Waals surface area contributed by atoms with E-state index in [1.165, 1.54) is 16.8 Å². The summed E-state index contributed by atoms with van der Waals surface area (Å²) in [4.78, 5) is 37.3. The number of methoxy groups -OCH3 is 2. The number of ether oxygens (including phenoxy) is 4. The van der Waals surface area contributed by atoms with Crippen LogP contribution in [-0.2, 0) is 19.6 Å². The molecule has 1 aliphatic rings. The quantitative estimate of drug-likeness (QED) is 0.104. The Labute approximate surface area is 267 Å². The number of aromatic amines is 1. The van der Waals surface area contributed by atoms with E-state index in [9.17, 15) is 14.5 Å². The molecule has 1 fully saturated rings. The molecule has 4 atom stereocenters. The summed E-state index contributed by atoms with van der Waals surface area (Å²) in [5.41, 5.74) is 0.171. The molecule has 13 heteroatoms. The molecule has 3 N–H and O–H groups in total. The molecule has 0 spiro atoms. The predicted molar refractivity (Wildman–Crippen MR) is 170 cm³/mol. The summed E-state index contributed by atoms with van der Waals surface area (Å²) >= 11 is 0. The lowest BCUT2D eigenvalue weighted by Crippen LogP contribution is -2.38. The number of rotatable bonds is 14. The Kier molecular flexibility index (Phi) is 11.0. The Hall–Kier alpha value is -4.34. The molecule has 12 nitrogen and oxygen atoms in total. The molecule has 1 aromatic heterocycles. The third-order valence-electron chi connectivity index (χ3n) is 7.70. The van der Waals surface area contributed by atoms with E-state index in [1.54, 1.807) is 14.2 Å². The van der Waals surface area contributed by atoms with Crippen LogP contribution in [0.2, 0.25) is 0 Å². The SMILES string of the molecule is COc1ccc(C(OC[C@H]2O[C@@H](n3ccc(=O)[nH]c3=O)C[C@@H]2OP(O)NCCC#N)(c2ccccc2)c2ccc(OC)cc2)cc1. The van der Waals surface area contributed by atoms with E-state index in [-0.39, 0.29) is 26.0 Å². The summed E-state index contributed by atoms with van der Waals surface area (Å²) < 4.78 is 31.5. The fourth-order valence-electron chi connectivity index (χ4n) is 5.44. The number of nitrogens with one attached hydrogen (secondary N) is 2. The van der Waals surface area contributed by atoms with E-state index in [4.69, 9.17) is 28.7 Å². The highest BCUT2D eigenvalue weighted by Gasteiger charge is 2.43. The van der Waals surface area contributed by atoms with Gasteiger partial charge in [0.25, 0.3) is 14.1 Å². The Morgan fingerprint density at radius 2 is 1.59 bits per heavy atom. The van der Waals surface area contributed by atoms with Crippen LogP contribution >= 0.6 is 8.53 Å². The molecular weight excluding hydrogens is 611 g/mol. The lowest BCUT2D eigenvalue weighted by Gasteiger charge is -2.37. The van der Waals surface area contributed by atoms with Crippen molar-refractivity contribution in [3.05, 3.63) is 129 Å². The molecule has 1 unspecified atom stereocenters. The monoisotopic (exact) mass is 646 g/mol. The van der Waals surface area contributed by atoms with Crippen molar-refractivity contribution < 1.29 is 28.4 Å². The molecule has 0 bridgehead atoms. The van der Waals surface area contributed by atoms with E-state index in [0.29, 0.717) is 11.5 Å². The van der Waals surface area contributed by atoms with Crippen LogP contribution in [0.4, 0.5) is 0 Å². The zero-order valence-corrected chi connectivity index (χ0v) is 26.3. The molecule has 3 aromatic carbocycles. The van der Waals surface area contributed by atoms with Crippen molar-refractivity contribution in [3.63, 3.8) is 0 Å². The van der Waals surface area contributed by atoms with Gasteiger partial charge >= 0.3 is 5.69 Å². The van der Waals surface area contributed by atoms with Gasteiger partial charge in [-0.2, -0.15) is 5.26 Å². The van der Waals surface area contributed by atoms with E-state index in [0.717, 1.165) is 16.7 Å². The maximum absolute atomic E-state index is 12.7. The zero-order chi connectivity index (χ0) is 32.5. The van der Waals surface area contributed by atoms with Crippen molar-refractivity contribution in [3.8, 4) is 17.6 Å². The van der Waals surface area contributed by atoms with Crippen LogP contribution < -0.4 is 25.8 Å². The minimum Gasteiger partial charge on any atom is -0.497 e. The normalized spacial score (nSPS) is 18.5. The average Bonchev–Trinajstić information content (AvgIpc) is 3.47. The molecule has 1 saturated heterocycles. The van der Waals surface area contributed by atoms with Crippen LogP contribution in [-0.4, -0.2) is 54.0 Å². The molecule has 2 heterocycles. The summed E-state index contributed by atoms with van der Waals surface area (Å²) in [5.74, 6) is 1.37. The van der Waals surface area contributed by atoms with E-state index in [2.05, 4.69) is 10.1 Å². The highest BCUT2D eigenvalue weighted by atomic mass is 31.2. The first-order valence-corrected chi connectivity index (χ1v) is 15.8. The molecule has 0 amide bonds. The number of benzene rings is 3. The Morgan fingerprint density at radius 3 is 2.15 bits per heavy atom. The smallest absolute Gasteiger partial charge is 0.330 e. The minimum absolute atomic E-state index is 0.0202. The van der Waals surface area contributed by atoms with Gasteiger partial charge in [0.05, 0.1) is 33.0 Å². The first kappa shape index (κ1) is 33.0. The van der Waals surface area contributed by atoms with Crippen LogP contribution in [0.1, 0.15) is 35.8 Å². The molecule has 5 rings (SSSR count). The van der Waals surface area contributed by atoms with Gasteiger partial charge in [-0.3, -0.25) is 14.3 Å². The summed E-state index contributed by atoms with van der Waals surface area (Å²) in [7, 11) is 1.08. The van der Waals surface area contributed by atoms with Gasteiger partial charge in [-0.05, 0) is 41.0 Å². The number of nitriles is 1. The van der Waals surface area contributed by atoms with Crippen molar-refractivity contribution in [1.82, 2.24) is 14.6 Å². The highest BCUT2D eigenvalue weighted by Crippen LogP contribution is 2.44. The van der Waals surface area contributed by atoms with Gasteiger partial charge in [0.2, 0.25) is 0 Å². The predicted octanol–water partition coefficient (Wildman–Crippen LogP) is 3.96. The largest absolute Gasteiger partial charge is 0.497 e. The Balaban J connectivity index is 1.54. The van der Waals surface area contributed by atoms with Crippen LogP contribution in [0.25, 0.3) is 0 Å². The molecule has 0 aliphatic carbocycles. The molecule has 46 heavy (non-hydrogen) atoms. The molecule has 0 radical (unpaired) electrons. The lowest BCUT2D eigenvalue weighted by molar-refractivity contribution is -0.0916. The van der Waals surface area contributed by atoms with Gasteiger partial charge in [0, 0.05) is 31.6 Å². The first-order valence-electron chi connectivity index (χ1n) is 14.6. The second-order valence-corrected chi connectivity index (χ2v) is 11.5. The maximum atomic E-state index is 12.7. The van der Waals surface area contributed by atoms with Crippen LogP contribution in [0.3, 0.4) is 0 Å². The van der Waals surface area contributed by atoms with Gasteiger partial charge in [0.1, 0.15) is 29.4 Å². The van der Waals surface area contributed by atoms with Crippen molar-refractivity contribution in [1.29, 1.82) is 5.26 Å². The van der Waals surface area contributed by atoms with Crippen molar-refractivity contribution in [2.75, 3.05) is 27.4 Å². The number of nitrogens with zero attached hydrogens (tertiary/aromatic N) is 2. The maximum Gasteiger partial charge on any atom is 0.330 e. The van der Waals surface area contributed by atoms with Crippen LogP contribution in [0.15, 0.2) is 101 Å². The van der Waals surface area contributed by atoms with Gasteiger partial charge in [-0.1, -0.05) is 54.6 Å². The Morgan fingerprint density at radius 1 is 0.978 bits per heavy atom. The fourth-order valence-corrected chi connectivity index (χ4v) is 6.30. The van der Waals surface area contributed by atoms with E-state index < -0.39 is 43.8 Å². The highest BCUT2D eigenvalue weighted by molar-refractivity contribution is 7.43. The van der Waals surface area contributed by atoms with Gasteiger partial charge in [-0.25, -0.2) is 9.88 Å². The fraction of sp³-hybridized carbons (Fsp3) is 0.303. The van der Waals surface area contributed by atoms with Crippen molar-refractivity contribution in [2.24, 2.45) is 0 Å². The van der Waals surface area contributed by atoms with Crippen molar-refractivity contribution >= 4 is 8.53 Å². The lowest BCUT2D eigenvalue weighted by atomic mass is 9.80. The average molecular weight is 647 g/mol. The van der Waals surface area contributed by atoms with E-state index in [1.807, 2.05) is 84.9 Å². The van der Waals surface area contributed by atoms with Crippen LogP contribution in [0.5, 0.6) is 11.5 Å². The topological polar surface area (TPSA) is 157 Å². The molecular formula is C33H35N4O8P. The van der Waals surface area contributed by atoms with Crippen molar-refractivity contribution in [2.45, 2.75) is 36.9 Å². The third kappa shape index (κ3) is 7.37. The van der Waals surface area contributed by atoms with Gasteiger partial charge in [0.15, 0.2) is 0 Å². The van der Waals surface area contributed by atoms with Crippen LogP contribution in [0, 0.1) is 11.3 Å². The molecule has 240 valence electrons. The number of hydrogen-bond acceptors (Lipinski definition) is 10. The van der Waals surface area contributed by atoms with Gasteiger partial charge < -0.3 is 28.4 Å². The molecule has 0 saturated carbocycles. The summed E-state index contributed by atoms with van der Waals surface area (Å²) in [6.07, 6.45) is -0.536. The Bertz CT molecular complexity index is 1680. The van der Waals surface area contributed by atoms with Gasteiger partial charge in [-0.15, -0.1) is 0 Å². The third-order valence-corrected chi connectivity index (χ3v) is 8.66.